The number of aromatic nitrogens is 1. The fourth-order valence-corrected chi connectivity index (χ4v) is 1.97. The van der Waals surface area contributed by atoms with Gasteiger partial charge in [0, 0.05) is 31.5 Å². The van der Waals surface area contributed by atoms with Crippen molar-refractivity contribution in [3.05, 3.63) is 34.2 Å². The Morgan fingerprint density at radius 3 is 2.50 bits per heavy atom. The van der Waals surface area contributed by atoms with Crippen molar-refractivity contribution in [2.24, 2.45) is 5.92 Å². The maximum atomic E-state index is 12.3. The minimum atomic E-state index is -0.221. The quantitative estimate of drug-likeness (QED) is 0.842. The number of H-pyrrole nitrogens is 1. The third-order valence-corrected chi connectivity index (χ3v) is 3.36. The van der Waals surface area contributed by atoms with Gasteiger partial charge >= 0.3 is 0 Å². The van der Waals surface area contributed by atoms with Gasteiger partial charge in [0.2, 0.25) is 0 Å². The molecular weight excluding hydrogens is 228 g/mol. The Kier molecular flexibility index (Phi) is 5.62. The molecule has 1 rings (SSSR count). The largest absolute Gasteiger partial charge is 0.367 e. The number of carbonyl (C=O) groups excluding carboxylic acids is 1. The zero-order valence-corrected chi connectivity index (χ0v) is 11.4. The summed E-state index contributed by atoms with van der Waals surface area (Å²) in [4.78, 5) is 28.5. The Hall–Kier alpha value is -1.58. The molecule has 18 heavy (non-hydrogen) atoms. The van der Waals surface area contributed by atoms with E-state index in [1.54, 1.807) is 4.90 Å². The number of carbonyl (C=O) groups is 1. The summed E-state index contributed by atoms with van der Waals surface area (Å²) >= 11 is 0. The number of hydrogen-bond acceptors (Lipinski definition) is 2. The van der Waals surface area contributed by atoms with Crippen molar-refractivity contribution >= 4 is 5.91 Å². The Bertz CT molecular complexity index is 435. The van der Waals surface area contributed by atoms with Gasteiger partial charge < -0.3 is 9.88 Å². The normalized spacial score (nSPS) is 10.7. The standard InChI is InChI=1S/C14H22N2O2/c1-4-11(5-2)10-16(6-3)14(18)12-9-15-8-7-13(12)17/h7-9,11H,4-6,10H2,1-3H3,(H,15,17). The molecule has 0 bridgehead atoms. The van der Waals surface area contributed by atoms with Gasteiger partial charge in [0.1, 0.15) is 5.56 Å². The number of nitrogens with zero attached hydrogens (tertiary/aromatic N) is 1. The van der Waals surface area contributed by atoms with E-state index in [4.69, 9.17) is 0 Å². The highest BCUT2D eigenvalue weighted by molar-refractivity contribution is 5.93. The summed E-state index contributed by atoms with van der Waals surface area (Å²) < 4.78 is 0. The second kappa shape index (κ2) is 6.99. The molecular formula is C14H22N2O2. The fraction of sp³-hybridized carbons (Fsp3) is 0.571. The van der Waals surface area contributed by atoms with Crippen LogP contribution < -0.4 is 5.43 Å². The van der Waals surface area contributed by atoms with E-state index in [1.807, 2.05) is 6.92 Å². The molecule has 0 fully saturated rings. The van der Waals surface area contributed by atoms with Crippen molar-refractivity contribution in [2.45, 2.75) is 33.6 Å². The molecule has 4 nitrogen and oxygen atoms in total. The van der Waals surface area contributed by atoms with Crippen LogP contribution in [-0.2, 0) is 0 Å². The molecule has 1 amide bonds. The lowest BCUT2D eigenvalue weighted by Gasteiger charge is -2.25. The Labute approximate surface area is 108 Å². The molecule has 0 radical (unpaired) electrons. The summed E-state index contributed by atoms with van der Waals surface area (Å²) in [7, 11) is 0. The Morgan fingerprint density at radius 1 is 1.33 bits per heavy atom. The van der Waals surface area contributed by atoms with Crippen molar-refractivity contribution in [1.29, 1.82) is 0 Å². The number of amides is 1. The highest BCUT2D eigenvalue weighted by Gasteiger charge is 2.19. The average molecular weight is 250 g/mol. The predicted octanol–water partition coefficient (Wildman–Crippen LogP) is 2.27. The van der Waals surface area contributed by atoms with E-state index in [-0.39, 0.29) is 16.9 Å². The molecule has 0 atom stereocenters. The zero-order valence-electron chi connectivity index (χ0n) is 11.4. The lowest BCUT2D eigenvalue weighted by Crippen LogP contribution is -2.37. The smallest absolute Gasteiger partial charge is 0.259 e. The van der Waals surface area contributed by atoms with Crippen LogP contribution in [0.1, 0.15) is 44.0 Å². The summed E-state index contributed by atoms with van der Waals surface area (Å²) in [5, 5.41) is 0. The molecule has 1 aromatic rings. The first-order valence-electron chi connectivity index (χ1n) is 6.60. The molecule has 0 aliphatic rings. The van der Waals surface area contributed by atoms with Gasteiger partial charge in [-0.05, 0) is 12.8 Å². The van der Waals surface area contributed by atoms with Crippen LogP contribution in [0.25, 0.3) is 0 Å². The highest BCUT2D eigenvalue weighted by atomic mass is 16.2. The van der Waals surface area contributed by atoms with Gasteiger partial charge in [-0.2, -0.15) is 0 Å². The van der Waals surface area contributed by atoms with E-state index in [0.29, 0.717) is 12.5 Å². The van der Waals surface area contributed by atoms with Crippen LogP contribution in [0.3, 0.4) is 0 Å². The van der Waals surface area contributed by atoms with Gasteiger partial charge in [0.15, 0.2) is 5.43 Å². The summed E-state index contributed by atoms with van der Waals surface area (Å²) in [6.45, 7) is 7.54. The van der Waals surface area contributed by atoms with Crippen molar-refractivity contribution in [1.82, 2.24) is 9.88 Å². The number of rotatable bonds is 6. The third kappa shape index (κ3) is 3.45. The predicted molar refractivity (Wildman–Crippen MR) is 72.7 cm³/mol. The van der Waals surface area contributed by atoms with E-state index in [2.05, 4.69) is 18.8 Å². The van der Waals surface area contributed by atoms with E-state index in [1.165, 1.54) is 18.5 Å². The number of pyridine rings is 1. The maximum absolute atomic E-state index is 12.3. The molecule has 1 aromatic heterocycles. The van der Waals surface area contributed by atoms with Crippen LogP contribution in [0.2, 0.25) is 0 Å². The lowest BCUT2D eigenvalue weighted by molar-refractivity contribution is 0.0733. The minimum Gasteiger partial charge on any atom is -0.367 e. The van der Waals surface area contributed by atoms with Gasteiger partial charge in [0.25, 0.3) is 5.91 Å². The van der Waals surface area contributed by atoms with Crippen molar-refractivity contribution in [3.8, 4) is 0 Å². The summed E-state index contributed by atoms with van der Waals surface area (Å²) in [6, 6.07) is 1.39. The second-order valence-corrected chi connectivity index (χ2v) is 4.45. The maximum Gasteiger partial charge on any atom is 0.259 e. The average Bonchev–Trinajstić information content (AvgIpc) is 2.40. The molecule has 0 spiro atoms. The highest BCUT2D eigenvalue weighted by Crippen LogP contribution is 2.11. The topological polar surface area (TPSA) is 53.2 Å². The number of aromatic amines is 1. The van der Waals surface area contributed by atoms with Crippen molar-refractivity contribution < 1.29 is 4.79 Å². The van der Waals surface area contributed by atoms with E-state index < -0.39 is 0 Å². The van der Waals surface area contributed by atoms with Gasteiger partial charge in [0.05, 0.1) is 0 Å². The first-order valence-corrected chi connectivity index (χ1v) is 6.60. The number of nitrogens with one attached hydrogen (secondary N) is 1. The van der Waals surface area contributed by atoms with Gasteiger partial charge in [-0.3, -0.25) is 9.59 Å². The molecule has 100 valence electrons. The van der Waals surface area contributed by atoms with Crippen LogP contribution in [0, 0.1) is 5.92 Å². The zero-order chi connectivity index (χ0) is 13.5. The first-order chi connectivity index (χ1) is 8.63. The minimum absolute atomic E-state index is 0.175. The SMILES string of the molecule is CCC(CC)CN(CC)C(=O)c1c[nH]ccc1=O. The van der Waals surface area contributed by atoms with Crippen LogP contribution in [0.15, 0.2) is 23.3 Å². The second-order valence-electron chi connectivity index (χ2n) is 4.45. The van der Waals surface area contributed by atoms with E-state index >= 15 is 0 Å². The van der Waals surface area contributed by atoms with Crippen molar-refractivity contribution in [2.75, 3.05) is 13.1 Å². The van der Waals surface area contributed by atoms with Crippen molar-refractivity contribution in [3.63, 3.8) is 0 Å². The number of hydrogen-bond donors (Lipinski definition) is 1. The van der Waals surface area contributed by atoms with Crippen LogP contribution in [0.4, 0.5) is 0 Å². The monoisotopic (exact) mass is 250 g/mol. The summed E-state index contributed by atoms with van der Waals surface area (Å²) in [5.74, 6) is 0.322. The van der Waals surface area contributed by atoms with Gasteiger partial charge in [-0.1, -0.05) is 26.7 Å². The molecule has 0 aromatic carbocycles. The molecule has 0 saturated heterocycles. The molecule has 1 heterocycles. The lowest BCUT2D eigenvalue weighted by atomic mass is 10.0. The van der Waals surface area contributed by atoms with Crippen LogP contribution in [0.5, 0.6) is 0 Å². The summed E-state index contributed by atoms with van der Waals surface area (Å²) in [6.07, 6.45) is 5.12. The van der Waals surface area contributed by atoms with Gasteiger partial charge in [-0.15, -0.1) is 0 Å². The Morgan fingerprint density at radius 2 is 2.00 bits per heavy atom. The molecule has 0 saturated carbocycles. The fourth-order valence-electron chi connectivity index (χ4n) is 1.97. The van der Waals surface area contributed by atoms with Crippen LogP contribution in [-0.4, -0.2) is 28.9 Å². The summed E-state index contributed by atoms with van der Waals surface area (Å²) in [5.41, 5.74) is 0.00653. The molecule has 0 aliphatic heterocycles. The third-order valence-electron chi connectivity index (χ3n) is 3.36. The molecule has 0 aliphatic carbocycles. The van der Waals surface area contributed by atoms with E-state index in [0.717, 1.165) is 19.4 Å². The van der Waals surface area contributed by atoms with E-state index in [9.17, 15) is 9.59 Å². The van der Waals surface area contributed by atoms with Gasteiger partial charge in [-0.25, -0.2) is 0 Å². The molecule has 4 heteroatoms. The molecule has 1 N–H and O–H groups in total. The molecule has 0 unspecified atom stereocenters. The first kappa shape index (κ1) is 14.5. The Balaban J connectivity index is 2.86. The van der Waals surface area contributed by atoms with Crippen LogP contribution >= 0.6 is 0 Å².